The van der Waals surface area contributed by atoms with E-state index in [2.05, 4.69) is 46.9 Å². The number of aldehydes is 1. The Kier molecular flexibility index (Phi) is 8.25. The lowest BCUT2D eigenvalue weighted by atomic mass is 10.1. The quantitative estimate of drug-likeness (QED) is 0.191. The zero-order valence-electron chi connectivity index (χ0n) is 23.7. The number of nitrogens with zero attached hydrogens (tertiary/aromatic N) is 5. The number of carbonyl (C=O) groups is 2. The van der Waals surface area contributed by atoms with E-state index in [-0.39, 0.29) is 5.91 Å². The molecule has 4 heterocycles. The molecule has 0 saturated carbocycles. The average molecular weight is 565 g/mol. The van der Waals surface area contributed by atoms with Crippen molar-refractivity contribution in [1.82, 2.24) is 24.8 Å². The molecule has 6 rings (SSSR count). The highest BCUT2D eigenvalue weighted by atomic mass is 16.1. The SMILES string of the molecule is C=CC(=O)Nc1cc(Nc2cc(-c3c[nH]c4ccccc34)ncn2)c(C=O)cc1N1CCN(CCN2CCCC2)CC1. The van der Waals surface area contributed by atoms with Crippen molar-refractivity contribution >= 4 is 46.0 Å². The Morgan fingerprint density at radius 1 is 0.952 bits per heavy atom. The van der Waals surface area contributed by atoms with Crippen molar-refractivity contribution in [3.05, 3.63) is 73.2 Å². The molecule has 4 aromatic rings. The second-order valence-electron chi connectivity index (χ2n) is 10.8. The van der Waals surface area contributed by atoms with Crippen LogP contribution >= 0.6 is 0 Å². The summed E-state index contributed by atoms with van der Waals surface area (Å²) in [5.74, 6) is 0.225. The molecule has 0 spiro atoms. The van der Waals surface area contributed by atoms with Crippen molar-refractivity contribution in [3.63, 3.8) is 0 Å². The first-order valence-corrected chi connectivity index (χ1v) is 14.5. The summed E-state index contributed by atoms with van der Waals surface area (Å²) in [4.78, 5) is 44.1. The van der Waals surface area contributed by atoms with Gasteiger partial charge in [0.15, 0.2) is 6.29 Å². The van der Waals surface area contributed by atoms with E-state index in [1.165, 1.54) is 38.3 Å². The van der Waals surface area contributed by atoms with Gasteiger partial charge >= 0.3 is 0 Å². The first kappa shape index (κ1) is 27.6. The Hall–Kier alpha value is -4.54. The van der Waals surface area contributed by atoms with Crippen molar-refractivity contribution in [2.24, 2.45) is 0 Å². The second-order valence-corrected chi connectivity index (χ2v) is 10.8. The number of aromatic amines is 1. The van der Waals surface area contributed by atoms with Crippen LogP contribution in [-0.2, 0) is 4.79 Å². The molecule has 0 aliphatic carbocycles. The predicted octanol–water partition coefficient (Wildman–Crippen LogP) is 4.52. The summed E-state index contributed by atoms with van der Waals surface area (Å²) >= 11 is 0. The van der Waals surface area contributed by atoms with Gasteiger partial charge in [0.1, 0.15) is 12.1 Å². The van der Waals surface area contributed by atoms with Crippen LogP contribution in [0.15, 0.2) is 67.6 Å². The topological polar surface area (TPSA) is 109 Å². The van der Waals surface area contributed by atoms with Gasteiger partial charge < -0.3 is 25.4 Å². The van der Waals surface area contributed by atoms with Crippen LogP contribution in [0.1, 0.15) is 23.2 Å². The molecule has 0 unspecified atom stereocenters. The van der Waals surface area contributed by atoms with Crippen LogP contribution < -0.4 is 15.5 Å². The first-order valence-electron chi connectivity index (χ1n) is 14.5. The van der Waals surface area contributed by atoms with Crippen molar-refractivity contribution < 1.29 is 9.59 Å². The zero-order valence-corrected chi connectivity index (χ0v) is 23.7. The Balaban J connectivity index is 1.23. The normalized spacial score (nSPS) is 16.0. The van der Waals surface area contributed by atoms with Crippen LogP contribution in [-0.4, -0.2) is 89.3 Å². The molecule has 2 aliphatic heterocycles. The number of piperazine rings is 1. The van der Waals surface area contributed by atoms with Gasteiger partial charge in [-0.05, 0) is 50.2 Å². The van der Waals surface area contributed by atoms with Crippen LogP contribution in [0.25, 0.3) is 22.2 Å². The van der Waals surface area contributed by atoms with Crippen molar-refractivity contribution in [1.29, 1.82) is 0 Å². The van der Waals surface area contributed by atoms with Gasteiger partial charge in [-0.2, -0.15) is 0 Å². The third kappa shape index (κ3) is 6.05. The van der Waals surface area contributed by atoms with Gasteiger partial charge in [0.05, 0.1) is 22.8 Å². The maximum absolute atomic E-state index is 12.4. The number of likely N-dealkylation sites (tertiary alicyclic amines) is 1. The second kappa shape index (κ2) is 12.5. The number of para-hydroxylation sites is 1. The van der Waals surface area contributed by atoms with Gasteiger partial charge in [0.25, 0.3) is 0 Å². The van der Waals surface area contributed by atoms with Crippen LogP contribution in [0, 0.1) is 0 Å². The number of hydrogen-bond donors (Lipinski definition) is 3. The maximum atomic E-state index is 12.4. The van der Waals surface area contributed by atoms with Gasteiger partial charge in [-0.3, -0.25) is 14.5 Å². The largest absolute Gasteiger partial charge is 0.367 e. The molecule has 2 fully saturated rings. The van der Waals surface area contributed by atoms with E-state index in [0.29, 0.717) is 22.8 Å². The molecule has 42 heavy (non-hydrogen) atoms. The molecule has 10 nitrogen and oxygen atoms in total. The van der Waals surface area contributed by atoms with E-state index in [9.17, 15) is 9.59 Å². The number of nitrogens with one attached hydrogen (secondary N) is 3. The number of amides is 1. The minimum atomic E-state index is -0.311. The van der Waals surface area contributed by atoms with E-state index < -0.39 is 0 Å². The number of benzene rings is 2. The van der Waals surface area contributed by atoms with Crippen molar-refractivity contribution in [2.75, 3.05) is 67.9 Å². The van der Waals surface area contributed by atoms with Crippen LogP contribution in [0.2, 0.25) is 0 Å². The molecule has 2 aromatic heterocycles. The molecule has 216 valence electrons. The number of rotatable bonds is 10. The molecular weight excluding hydrogens is 528 g/mol. The van der Waals surface area contributed by atoms with Crippen molar-refractivity contribution in [2.45, 2.75) is 12.8 Å². The first-order chi connectivity index (χ1) is 20.6. The lowest BCUT2D eigenvalue weighted by molar-refractivity contribution is -0.111. The summed E-state index contributed by atoms with van der Waals surface area (Å²) in [6.45, 7) is 11.7. The van der Waals surface area contributed by atoms with Gasteiger partial charge in [0.2, 0.25) is 5.91 Å². The van der Waals surface area contributed by atoms with E-state index in [1.807, 2.05) is 42.6 Å². The van der Waals surface area contributed by atoms with Crippen LogP contribution in [0.4, 0.5) is 22.9 Å². The summed E-state index contributed by atoms with van der Waals surface area (Å²) in [7, 11) is 0. The summed E-state index contributed by atoms with van der Waals surface area (Å²) in [5.41, 5.74) is 5.18. The number of anilines is 4. The van der Waals surface area contributed by atoms with E-state index >= 15 is 0 Å². The highest BCUT2D eigenvalue weighted by Gasteiger charge is 2.23. The minimum Gasteiger partial charge on any atom is -0.367 e. The average Bonchev–Trinajstić information content (AvgIpc) is 3.71. The molecule has 2 saturated heterocycles. The summed E-state index contributed by atoms with van der Waals surface area (Å²) in [6.07, 6.45) is 8.12. The van der Waals surface area contributed by atoms with Crippen molar-refractivity contribution in [3.8, 4) is 11.3 Å². The number of hydrogen-bond acceptors (Lipinski definition) is 8. The predicted molar refractivity (Wildman–Crippen MR) is 168 cm³/mol. The van der Waals surface area contributed by atoms with E-state index in [4.69, 9.17) is 0 Å². The molecule has 2 aliphatic rings. The van der Waals surface area contributed by atoms with Crippen LogP contribution in [0.3, 0.4) is 0 Å². The van der Waals surface area contributed by atoms with Gasteiger partial charge in [-0.1, -0.05) is 24.8 Å². The molecule has 1 amide bonds. The summed E-state index contributed by atoms with van der Waals surface area (Å²) in [5, 5.41) is 7.30. The molecule has 0 bridgehead atoms. The lowest BCUT2D eigenvalue weighted by Crippen LogP contribution is -2.48. The molecule has 0 radical (unpaired) electrons. The molecule has 2 aromatic carbocycles. The highest BCUT2D eigenvalue weighted by molar-refractivity contribution is 6.03. The molecule has 0 atom stereocenters. The third-order valence-corrected chi connectivity index (χ3v) is 8.18. The highest BCUT2D eigenvalue weighted by Crippen LogP contribution is 2.35. The monoisotopic (exact) mass is 564 g/mol. The smallest absolute Gasteiger partial charge is 0.247 e. The Morgan fingerprint density at radius 2 is 1.71 bits per heavy atom. The fourth-order valence-corrected chi connectivity index (χ4v) is 5.85. The Labute approximate surface area is 245 Å². The standard InChI is InChI=1S/C32H36N8O2/c1-2-32(42)37-29-18-27(36-31-19-28(34-22-35-31)25-20-33-26-8-4-3-7-24(25)26)23(21-41)17-30(29)40-15-13-39(14-16-40)12-11-38-9-5-6-10-38/h2-4,7-8,17-22,33H,1,5-6,9-16H2,(H,37,42)(H,34,35,36). The number of H-pyrrole nitrogens is 1. The summed E-state index contributed by atoms with van der Waals surface area (Å²) < 4.78 is 0. The van der Waals surface area contributed by atoms with Gasteiger partial charge in [-0.25, -0.2) is 9.97 Å². The molecule has 10 heteroatoms. The number of fused-ring (bicyclic) bond motifs is 1. The fourth-order valence-electron chi connectivity index (χ4n) is 5.85. The van der Waals surface area contributed by atoms with E-state index in [0.717, 1.165) is 73.4 Å². The molecular formula is C32H36N8O2. The molecule has 3 N–H and O–H groups in total. The third-order valence-electron chi connectivity index (χ3n) is 8.18. The fraction of sp³-hybridized carbons (Fsp3) is 0.312. The van der Waals surface area contributed by atoms with E-state index in [1.54, 1.807) is 6.07 Å². The van der Waals surface area contributed by atoms with Crippen LogP contribution in [0.5, 0.6) is 0 Å². The maximum Gasteiger partial charge on any atom is 0.247 e. The van der Waals surface area contributed by atoms with Gasteiger partial charge in [-0.15, -0.1) is 0 Å². The minimum absolute atomic E-state index is 0.311. The summed E-state index contributed by atoms with van der Waals surface area (Å²) in [6, 6.07) is 13.5. The zero-order chi connectivity index (χ0) is 28.9. The Bertz CT molecular complexity index is 1580. The lowest BCUT2D eigenvalue weighted by Gasteiger charge is -2.37. The number of carbonyl (C=O) groups excluding carboxylic acids is 2. The number of aromatic nitrogens is 3. The van der Waals surface area contributed by atoms with Gasteiger partial charge in [0, 0.05) is 73.6 Å². The Morgan fingerprint density at radius 3 is 2.48 bits per heavy atom.